The molecule has 0 bridgehead atoms. The van der Waals surface area contributed by atoms with E-state index in [4.69, 9.17) is 5.73 Å². The van der Waals surface area contributed by atoms with Gasteiger partial charge in [0.25, 0.3) is 5.91 Å². The second-order valence-corrected chi connectivity index (χ2v) is 7.78. The van der Waals surface area contributed by atoms with Crippen molar-refractivity contribution in [2.45, 2.75) is 24.4 Å². The molecule has 0 spiro atoms. The number of aryl methyl sites for hydroxylation is 1. The summed E-state index contributed by atoms with van der Waals surface area (Å²) < 4.78 is 16.5. The van der Waals surface area contributed by atoms with Crippen molar-refractivity contribution in [1.82, 2.24) is 10.3 Å². The number of urea groups is 1. The Labute approximate surface area is 146 Å². The molecule has 0 fully saturated rings. The first kappa shape index (κ1) is 18.6. The summed E-state index contributed by atoms with van der Waals surface area (Å²) in [5.74, 6) is -0.597. The van der Waals surface area contributed by atoms with Crippen molar-refractivity contribution in [2.75, 3.05) is 6.26 Å². The Morgan fingerprint density at radius 3 is 2.52 bits per heavy atom. The Balaban J connectivity index is 2.29. The van der Waals surface area contributed by atoms with Crippen molar-refractivity contribution >= 4 is 21.7 Å². The van der Waals surface area contributed by atoms with E-state index in [0.29, 0.717) is 0 Å². The Bertz CT molecular complexity index is 890. The summed E-state index contributed by atoms with van der Waals surface area (Å²) in [5, 5.41) is 2.78. The van der Waals surface area contributed by atoms with Crippen LogP contribution >= 0.6 is 0 Å². The van der Waals surface area contributed by atoms with E-state index in [2.05, 4.69) is 14.7 Å². The predicted molar refractivity (Wildman–Crippen MR) is 95.3 cm³/mol. The lowest BCUT2D eigenvalue weighted by atomic mass is 9.99. The van der Waals surface area contributed by atoms with E-state index in [9.17, 15) is 13.8 Å². The van der Waals surface area contributed by atoms with Gasteiger partial charge in [-0.1, -0.05) is 30.3 Å². The van der Waals surface area contributed by atoms with Gasteiger partial charge >= 0.3 is 6.03 Å². The van der Waals surface area contributed by atoms with E-state index in [1.165, 1.54) is 12.5 Å². The van der Waals surface area contributed by atoms with Gasteiger partial charge in [-0.25, -0.2) is 14.0 Å². The maximum atomic E-state index is 12.6. The van der Waals surface area contributed by atoms with Crippen molar-refractivity contribution in [3.63, 3.8) is 0 Å². The molecule has 0 saturated carbocycles. The van der Waals surface area contributed by atoms with Crippen LogP contribution in [0.25, 0.3) is 0 Å². The van der Waals surface area contributed by atoms with Crippen LogP contribution in [0.3, 0.4) is 0 Å². The number of primary amides is 1. The Morgan fingerprint density at radius 1 is 1.24 bits per heavy atom. The number of amides is 3. The largest absolute Gasteiger partial charge is 0.352 e. The minimum atomic E-state index is -2.96. The average molecular weight is 360 g/mol. The second kappa shape index (κ2) is 7.89. The number of nitrogens with one attached hydrogen (secondary N) is 1. The highest BCUT2D eigenvalue weighted by Gasteiger charge is 2.20. The SMILES string of the molecule is Cc1ccccc1C(CC(=O)N=S(C)(=O)c1ccccn1)NC(N)=O. The lowest BCUT2D eigenvalue weighted by molar-refractivity contribution is -0.118. The zero-order chi connectivity index (χ0) is 18.4. The molecule has 3 N–H and O–H groups in total. The van der Waals surface area contributed by atoms with Crippen LogP contribution in [0, 0.1) is 6.92 Å². The Morgan fingerprint density at radius 2 is 1.92 bits per heavy atom. The average Bonchev–Trinajstić information content (AvgIpc) is 2.54. The zero-order valence-electron chi connectivity index (χ0n) is 14.0. The van der Waals surface area contributed by atoms with Gasteiger partial charge in [-0.3, -0.25) is 4.79 Å². The van der Waals surface area contributed by atoms with Gasteiger partial charge in [0.1, 0.15) is 5.03 Å². The molecule has 7 nitrogen and oxygen atoms in total. The summed E-state index contributed by atoms with van der Waals surface area (Å²) in [4.78, 5) is 27.6. The molecule has 1 heterocycles. The molecule has 0 saturated heterocycles. The number of carbonyl (C=O) groups excluding carboxylic acids is 2. The van der Waals surface area contributed by atoms with Crippen molar-refractivity contribution in [3.05, 3.63) is 59.8 Å². The number of hydrogen-bond donors (Lipinski definition) is 2. The summed E-state index contributed by atoms with van der Waals surface area (Å²) in [6, 6.07) is 10.8. The first-order chi connectivity index (χ1) is 11.8. The minimum absolute atomic E-state index is 0.147. The number of hydrogen-bond acceptors (Lipinski definition) is 4. The number of nitrogens with zero attached hydrogens (tertiary/aromatic N) is 2. The van der Waals surface area contributed by atoms with Crippen LogP contribution in [0.5, 0.6) is 0 Å². The van der Waals surface area contributed by atoms with Crippen LogP contribution in [-0.4, -0.2) is 27.4 Å². The number of carbonyl (C=O) groups is 2. The third-order valence-electron chi connectivity index (χ3n) is 3.56. The van der Waals surface area contributed by atoms with Crippen molar-refractivity contribution in [3.8, 4) is 0 Å². The molecule has 1 aromatic heterocycles. The molecule has 2 unspecified atom stereocenters. The maximum absolute atomic E-state index is 12.6. The van der Waals surface area contributed by atoms with E-state index in [0.717, 1.165) is 11.1 Å². The van der Waals surface area contributed by atoms with Gasteiger partial charge in [0.05, 0.1) is 22.2 Å². The summed E-state index contributed by atoms with van der Waals surface area (Å²) in [6.45, 7) is 1.86. The molecular weight excluding hydrogens is 340 g/mol. The van der Waals surface area contributed by atoms with Crippen molar-refractivity contribution < 1.29 is 13.8 Å². The van der Waals surface area contributed by atoms with Crippen LogP contribution in [0.15, 0.2) is 58.1 Å². The minimum Gasteiger partial charge on any atom is -0.352 e. The van der Waals surface area contributed by atoms with Crippen LogP contribution in [0.2, 0.25) is 0 Å². The first-order valence-corrected chi connectivity index (χ1v) is 9.49. The van der Waals surface area contributed by atoms with E-state index < -0.39 is 27.7 Å². The standard InChI is InChI=1S/C17H20N4O3S/c1-12-7-3-4-8-13(12)14(20-17(18)23)11-15(22)21-25(2,24)16-9-5-6-10-19-16/h3-10,14H,11H2,1-2H3,(H3,18,20,23). The van der Waals surface area contributed by atoms with Gasteiger partial charge in [-0.15, -0.1) is 0 Å². The van der Waals surface area contributed by atoms with Gasteiger partial charge in [0.2, 0.25) is 0 Å². The lowest BCUT2D eigenvalue weighted by Gasteiger charge is -2.18. The number of rotatable bonds is 5. The molecule has 0 aliphatic carbocycles. The molecule has 2 atom stereocenters. The molecular formula is C17H20N4O3S. The maximum Gasteiger partial charge on any atom is 0.312 e. The zero-order valence-corrected chi connectivity index (χ0v) is 14.8. The summed E-state index contributed by atoms with van der Waals surface area (Å²) in [6.07, 6.45) is 2.70. The van der Waals surface area contributed by atoms with Gasteiger partial charge < -0.3 is 11.1 Å². The van der Waals surface area contributed by atoms with Crippen molar-refractivity contribution in [2.24, 2.45) is 10.1 Å². The molecule has 8 heteroatoms. The molecule has 1 aromatic carbocycles. The highest BCUT2D eigenvalue weighted by Crippen LogP contribution is 2.21. The van der Waals surface area contributed by atoms with Gasteiger partial charge in [-0.05, 0) is 30.2 Å². The predicted octanol–water partition coefficient (Wildman–Crippen LogP) is 2.17. The second-order valence-electron chi connectivity index (χ2n) is 5.58. The van der Waals surface area contributed by atoms with Gasteiger partial charge in [-0.2, -0.15) is 4.36 Å². The molecule has 2 aromatic rings. The van der Waals surface area contributed by atoms with Gasteiger partial charge in [0, 0.05) is 12.5 Å². The normalized spacial score (nSPS) is 14.2. The number of pyridine rings is 1. The number of nitrogens with two attached hydrogens (primary N) is 1. The van der Waals surface area contributed by atoms with E-state index >= 15 is 0 Å². The molecule has 0 aliphatic heterocycles. The first-order valence-electron chi connectivity index (χ1n) is 7.57. The summed E-state index contributed by atoms with van der Waals surface area (Å²) in [5.41, 5.74) is 6.87. The fraction of sp³-hybridized carbons (Fsp3) is 0.235. The Hall–Kier alpha value is -2.74. The molecule has 25 heavy (non-hydrogen) atoms. The van der Waals surface area contributed by atoms with Gasteiger partial charge in [0.15, 0.2) is 0 Å². The summed E-state index contributed by atoms with van der Waals surface area (Å²) >= 11 is 0. The van der Waals surface area contributed by atoms with E-state index in [1.807, 2.05) is 19.1 Å². The third kappa shape index (κ3) is 5.12. The highest BCUT2D eigenvalue weighted by atomic mass is 32.2. The fourth-order valence-corrected chi connectivity index (χ4v) is 3.56. The van der Waals surface area contributed by atoms with Crippen LogP contribution < -0.4 is 11.1 Å². The summed E-state index contributed by atoms with van der Waals surface area (Å²) in [7, 11) is -2.96. The lowest BCUT2D eigenvalue weighted by Crippen LogP contribution is -2.34. The highest BCUT2D eigenvalue weighted by molar-refractivity contribution is 7.93. The van der Waals surface area contributed by atoms with E-state index in [1.54, 1.807) is 30.3 Å². The monoisotopic (exact) mass is 360 g/mol. The molecule has 0 aliphatic rings. The number of aromatic nitrogens is 1. The Kier molecular flexibility index (Phi) is 5.87. The molecule has 132 valence electrons. The molecule has 2 rings (SSSR count). The molecule has 3 amide bonds. The van der Waals surface area contributed by atoms with Crippen LogP contribution in [0.4, 0.5) is 4.79 Å². The van der Waals surface area contributed by atoms with Crippen LogP contribution in [-0.2, 0) is 14.5 Å². The number of benzene rings is 1. The van der Waals surface area contributed by atoms with Crippen molar-refractivity contribution in [1.29, 1.82) is 0 Å². The van der Waals surface area contributed by atoms with E-state index in [-0.39, 0.29) is 11.4 Å². The van der Waals surface area contributed by atoms with Crippen LogP contribution in [0.1, 0.15) is 23.6 Å². The smallest absolute Gasteiger partial charge is 0.312 e. The third-order valence-corrected chi connectivity index (χ3v) is 5.13. The molecule has 0 radical (unpaired) electrons. The topological polar surface area (TPSA) is 115 Å². The quantitative estimate of drug-likeness (QED) is 0.850. The fourth-order valence-electron chi connectivity index (χ4n) is 2.41.